The van der Waals surface area contributed by atoms with E-state index in [0.29, 0.717) is 17.1 Å². The lowest BCUT2D eigenvalue weighted by Gasteiger charge is -2.32. The van der Waals surface area contributed by atoms with Gasteiger partial charge in [0.15, 0.2) is 5.78 Å². The molecule has 92 valence electrons. The first kappa shape index (κ1) is 12.3. The van der Waals surface area contributed by atoms with Gasteiger partial charge in [-0.05, 0) is 25.5 Å². The van der Waals surface area contributed by atoms with Gasteiger partial charge in [0.25, 0.3) is 0 Å². The summed E-state index contributed by atoms with van der Waals surface area (Å²) in [5, 5.41) is 3.68. The van der Waals surface area contributed by atoms with Gasteiger partial charge in [-0.2, -0.15) is 0 Å². The molecule has 1 saturated heterocycles. The fourth-order valence-electron chi connectivity index (χ4n) is 2.21. The number of halogens is 1. The Kier molecular flexibility index (Phi) is 3.35. The van der Waals surface area contributed by atoms with Crippen molar-refractivity contribution in [1.29, 1.82) is 0 Å². The molecule has 0 radical (unpaired) electrons. The first-order chi connectivity index (χ1) is 8.03. The van der Waals surface area contributed by atoms with Crippen molar-refractivity contribution in [3.05, 3.63) is 22.8 Å². The number of carbonyl (C=O) groups excluding carboxylic acids is 1. The van der Waals surface area contributed by atoms with Crippen LogP contribution in [0.3, 0.4) is 0 Å². The zero-order valence-electron chi connectivity index (χ0n) is 9.79. The maximum Gasteiger partial charge on any atom is 0.173 e. The number of nitrogens with zero attached hydrogens (tertiary/aromatic N) is 1. The highest BCUT2D eigenvalue weighted by atomic mass is 35.5. The molecule has 1 atom stereocenters. The molecule has 0 saturated carbocycles. The monoisotopic (exact) mass is 253 g/mol. The highest BCUT2D eigenvalue weighted by Crippen LogP contribution is 2.31. The third-order valence-corrected chi connectivity index (χ3v) is 3.48. The van der Waals surface area contributed by atoms with Crippen LogP contribution in [0.25, 0.3) is 0 Å². The molecular weight excluding hydrogens is 238 g/mol. The second-order valence-electron chi connectivity index (χ2n) is 4.76. The average molecular weight is 254 g/mol. The number of aromatic nitrogens is 1. The van der Waals surface area contributed by atoms with Gasteiger partial charge in [-0.1, -0.05) is 18.5 Å². The minimum Gasteiger partial charge on any atom is -0.383 e. The summed E-state index contributed by atoms with van der Waals surface area (Å²) >= 11 is 5.86. The number of anilines is 1. The molecule has 3 N–H and O–H groups in total. The van der Waals surface area contributed by atoms with Crippen molar-refractivity contribution in [3.8, 4) is 0 Å². The van der Waals surface area contributed by atoms with Crippen LogP contribution in [0.1, 0.15) is 30.1 Å². The van der Waals surface area contributed by atoms with Gasteiger partial charge in [0.05, 0.1) is 10.6 Å². The summed E-state index contributed by atoms with van der Waals surface area (Å²) in [6.07, 6.45) is 3.32. The maximum absolute atomic E-state index is 12.5. The maximum atomic E-state index is 12.5. The van der Waals surface area contributed by atoms with Crippen molar-refractivity contribution in [2.45, 2.75) is 19.8 Å². The lowest BCUT2D eigenvalue weighted by Crippen LogP contribution is -2.43. The van der Waals surface area contributed by atoms with E-state index in [2.05, 4.69) is 10.3 Å². The molecule has 17 heavy (non-hydrogen) atoms. The minimum absolute atomic E-state index is 0.0252. The molecule has 0 spiro atoms. The van der Waals surface area contributed by atoms with Crippen LogP contribution in [0, 0.1) is 5.41 Å². The van der Waals surface area contributed by atoms with E-state index in [1.54, 1.807) is 6.07 Å². The summed E-state index contributed by atoms with van der Waals surface area (Å²) in [6.45, 7) is 3.60. The van der Waals surface area contributed by atoms with Gasteiger partial charge in [0.1, 0.15) is 5.82 Å². The Balaban J connectivity index is 2.32. The van der Waals surface area contributed by atoms with Gasteiger partial charge in [-0.25, -0.2) is 4.98 Å². The van der Waals surface area contributed by atoms with E-state index in [-0.39, 0.29) is 11.6 Å². The van der Waals surface area contributed by atoms with Crippen molar-refractivity contribution < 1.29 is 4.79 Å². The van der Waals surface area contributed by atoms with Crippen LogP contribution in [0.4, 0.5) is 5.82 Å². The molecule has 0 aromatic carbocycles. The van der Waals surface area contributed by atoms with Crippen molar-refractivity contribution in [2.75, 3.05) is 18.8 Å². The summed E-state index contributed by atoms with van der Waals surface area (Å²) < 4.78 is 0. The highest BCUT2D eigenvalue weighted by Gasteiger charge is 2.36. The van der Waals surface area contributed by atoms with E-state index in [4.69, 9.17) is 17.3 Å². The Labute approximate surface area is 106 Å². The summed E-state index contributed by atoms with van der Waals surface area (Å²) in [7, 11) is 0. The Morgan fingerprint density at radius 2 is 2.41 bits per heavy atom. The van der Waals surface area contributed by atoms with E-state index in [1.165, 1.54) is 6.20 Å². The molecule has 1 aliphatic heterocycles. The van der Waals surface area contributed by atoms with Gasteiger partial charge in [0, 0.05) is 18.2 Å². The quantitative estimate of drug-likeness (QED) is 0.790. The minimum atomic E-state index is -0.404. The molecule has 1 unspecified atom stereocenters. The first-order valence-electron chi connectivity index (χ1n) is 5.69. The number of Topliss-reactive ketones (excluding diaryl/α,β-unsaturated/α-hetero) is 1. The lowest BCUT2D eigenvalue weighted by molar-refractivity contribution is 0.0773. The molecular formula is C12H16ClN3O. The standard InChI is InChI=1S/C12H16ClN3O/c1-12(3-2-4-15-7-12)10(17)9-5-8(13)6-16-11(9)14/h5-6,15H,2-4,7H2,1H3,(H2,14,16). The fourth-order valence-corrected chi connectivity index (χ4v) is 2.36. The Morgan fingerprint density at radius 3 is 3.06 bits per heavy atom. The smallest absolute Gasteiger partial charge is 0.173 e. The SMILES string of the molecule is CC1(C(=O)c2cc(Cl)cnc2N)CCCNC1. The van der Waals surface area contributed by atoms with Gasteiger partial charge < -0.3 is 11.1 Å². The van der Waals surface area contributed by atoms with Crippen LogP contribution < -0.4 is 11.1 Å². The van der Waals surface area contributed by atoms with Crippen LogP contribution in [0.15, 0.2) is 12.3 Å². The molecule has 2 heterocycles. The van der Waals surface area contributed by atoms with Crippen LogP contribution in [0.2, 0.25) is 5.02 Å². The number of nitrogen functional groups attached to an aromatic ring is 1. The van der Waals surface area contributed by atoms with E-state index in [9.17, 15) is 4.79 Å². The number of ketones is 1. The summed E-state index contributed by atoms with van der Waals surface area (Å²) in [5.74, 6) is 0.281. The molecule has 2 rings (SSSR count). The Bertz CT molecular complexity index is 441. The van der Waals surface area contributed by atoms with Gasteiger partial charge in [-0.3, -0.25) is 4.79 Å². The summed E-state index contributed by atoms with van der Waals surface area (Å²) in [5.41, 5.74) is 5.77. The Morgan fingerprint density at radius 1 is 1.65 bits per heavy atom. The molecule has 1 aromatic heterocycles. The first-order valence-corrected chi connectivity index (χ1v) is 6.07. The number of pyridine rings is 1. The zero-order chi connectivity index (χ0) is 12.5. The van der Waals surface area contributed by atoms with E-state index in [0.717, 1.165) is 19.4 Å². The van der Waals surface area contributed by atoms with E-state index >= 15 is 0 Å². The van der Waals surface area contributed by atoms with Gasteiger partial charge in [0.2, 0.25) is 0 Å². The molecule has 4 nitrogen and oxygen atoms in total. The second kappa shape index (κ2) is 4.63. The average Bonchev–Trinajstić information content (AvgIpc) is 2.32. The number of nitrogens with two attached hydrogens (primary N) is 1. The summed E-state index contributed by atoms with van der Waals surface area (Å²) in [6, 6.07) is 1.60. The van der Waals surface area contributed by atoms with E-state index in [1.807, 2.05) is 6.92 Å². The normalized spacial score (nSPS) is 24.6. The molecule has 1 fully saturated rings. The van der Waals surface area contributed by atoms with Gasteiger partial charge >= 0.3 is 0 Å². The summed E-state index contributed by atoms with van der Waals surface area (Å²) in [4.78, 5) is 16.4. The fraction of sp³-hybridized carbons (Fsp3) is 0.500. The molecule has 1 aromatic rings. The number of piperidine rings is 1. The largest absolute Gasteiger partial charge is 0.383 e. The predicted octanol–water partition coefficient (Wildman–Crippen LogP) is 1.89. The molecule has 0 aliphatic carbocycles. The molecule has 0 bridgehead atoms. The molecule has 1 aliphatic rings. The van der Waals surface area contributed by atoms with Crippen molar-refractivity contribution >= 4 is 23.2 Å². The number of nitrogens with one attached hydrogen (secondary N) is 1. The van der Waals surface area contributed by atoms with Crippen molar-refractivity contribution in [2.24, 2.45) is 5.41 Å². The van der Waals surface area contributed by atoms with Crippen LogP contribution in [0.5, 0.6) is 0 Å². The topological polar surface area (TPSA) is 68.0 Å². The molecule has 0 amide bonds. The lowest BCUT2D eigenvalue weighted by atomic mass is 9.76. The zero-order valence-corrected chi connectivity index (χ0v) is 10.5. The third-order valence-electron chi connectivity index (χ3n) is 3.28. The van der Waals surface area contributed by atoms with Gasteiger partial charge in [-0.15, -0.1) is 0 Å². The second-order valence-corrected chi connectivity index (χ2v) is 5.19. The van der Waals surface area contributed by atoms with Crippen LogP contribution in [-0.4, -0.2) is 23.9 Å². The number of carbonyl (C=O) groups is 1. The Hall–Kier alpha value is -1.13. The number of hydrogen-bond acceptors (Lipinski definition) is 4. The highest BCUT2D eigenvalue weighted by molar-refractivity contribution is 6.31. The van der Waals surface area contributed by atoms with Crippen LogP contribution >= 0.6 is 11.6 Å². The predicted molar refractivity (Wildman–Crippen MR) is 68.2 cm³/mol. The van der Waals surface area contributed by atoms with E-state index < -0.39 is 5.41 Å². The van der Waals surface area contributed by atoms with Crippen LogP contribution in [-0.2, 0) is 0 Å². The number of rotatable bonds is 2. The number of hydrogen-bond donors (Lipinski definition) is 2. The van der Waals surface area contributed by atoms with Crippen molar-refractivity contribution in [1.82, 2.24) is 10.3 Å². The third kappa shape index (κ3) is 2.42. The van der Waals surface area contributed by atoms with Crippen molar-refractivity contribution in [3.63, 3.8) is 0 Å². The molecule has 5 heteroatoms.